The second kappa shape index (κ2) is 5.60. The number of fused-ring (bicyclic) bond motifs is 1. The van der Waals surface area contributed by atoms with Crippen LogP contribution >= 0.6 is 11.6 Å². The molecule has 2 aromatic rings. The number of carbonyl (C=O) groups is 1. The van der Waals surface area contributed by atoms with Crippen LogP contribution in [0.4, 0.5) is 10.1 Å². The Kier molecular flexibility index (Phi) is 3.88. The van der Waals surface area contributed by atoms with Gasteiger partial charge in [-0.2, -0.15) is 0 Å². The van der Waals surface area contributed by atoms with Gasteiger partial charge >= 0.3 is 0 Å². The highest BCUT2D eigenvalue weighted by molar-refractivity contribution is 6.33. The number of aliphatic hydroxyl groups is 1. The minimum Gasteiger partial charge on any atom is -0.377 e. The average Bonchev–Trinajstić information content (AvgIpc) is 2.71. The minimum atomic E-state index is -1.17. The Labute approximate surface area is 138 Å². The van der Waals surface area contributed by atoms with E-state index >= 15 is 0 Å². The first-order chi connectivity index (χ1) is 10.9. The molecule has 1 unspecified atom stereocenters. The zero-order chi connectivity index (χ0) is 16.8. The Morgan fingerprint density at radius 1 is 1.30 bits per heavy atom. The third-order valence-corrected chi connectivity index (χ3v) is 4.56. The molecule has 0 aromatic heterocycles. The van der Waals surface area contributed by atoms with Crippen molar-refractivity contribution < 1.29 is 14.3 Å². The lowest BCUT2D eigenvalue weighted by Gasteiger charge is -2.26. The molecule has 0 radical (unpaired) electrons. The smallest absolute Gasteiger partial charge is 0.242 e. The molecule has 0 bridgehead atoms. The molecule has 0 saturated carbocycles. The number of amides is 1. The maximum atomic E-state index is 13.2. The van der Waals surface area contributed by atoms with Gasteiger partial charge in [-0.25, -0.2) is 4.39 Å². The Balaban J connectivity index is 2.22. The van der Waals surface area contributed by atoms with Crippen LogP contribution in [0.3, 0.4) is 0 Å². The first-order valence-electron chi connectivity index (χ1n) is 7.16. The van der Waals surface area contributed by atoms with Gasteiger partial charge in [-0.1, -0.05) is 29.8 Å². The predicted octanol–water partition coefficient (Wildman–Crippen LogP) is 2.41. The maximum Gasteiger partial charge on any atom is 0.242 e. The number of nitrogens with zero attached hydrogens (tertiary/aromatic N) is 1. The van der Waals surface area contributed by atoms with Gasteiger partial charge < -0.3 is 15.7 Å². The second-order valence-corrected chi connectivity index (χ2v) is 6.16. The van der Waals surface area contributed by atoms with Gasteiger partial charge in [0.05, 0.1) is 6.54 Å². The normalized spacial score (nSPS) is 21.4. The molecule has 1 heterocycles. The topological polar surface area (TPSA) is 66.6 Å². The summed E-state index contributed by atoms with van der Waals surface area (Å²) in [5, 5.41) is 9.95. The summed E-state index contributed by atoms with van der Waals surface area (Å²) in [6.45, 7) is 1.71. The largest absolute Gasteiger partial charge is 0.377 e. The van der Waals surface area contributed by atoms with E-state index in [1.165, 1.54) is 17.0 Å². The third-order valence-electron chi connectivity index (χ3n) is 4.25. The number of benzene rings is 2. The Morgan fingerprint density at radius 3 is 2.57 bits per heavy atom. The Morgan fingerprint density at radius 2 is 1.96 bits per heavy atom. The van der Waals surface area contributed by atoms with Crippen LogP contribution in [0.1, 0.15) is 18.1 Å². The van der Waals surface area contributed by atoms with E-state index < -0.39 is 11.6 Å². The molecule has 4 nitrogen and oxygen atoms in total. The van der Waals surface area contributed by atoms with Gasteiger partial charge in [0.2, 0.25) is 5.91 Å². The van der Waals surface area contributed by atoms with E-state index in [1.807, 2.05) is 0 Å². The number of hydrogen-bond donors (Lipinski definition) is 2. The van der Waals surface area contributed by atoms with Crippen LogP contribution in [0, 0.1) is 5.82 Å². The molecule has 0 aliphatic carbocycles. The second-order valence-electron chi connectivity index (χ2n) is 5.75. The fraction of sp³-hybridized carbons (Fsp3) is 0.235. The van der Waals surface area contributed by atoms with Crippen LogP contribution < -0.4 is 10.6 Å². The van der Waals surface area contributed by atoms with E-state index in [2.05, 4.69) is 0 Å². The van der Waals surface area contributed by atoms with E-state index in [1.54, 1.807) is 37.3 Å². The molecule has 23 heavy (non-hydrogen) atoms. The summed E-state index contributed by atoms with van der Waals surface area (Å²) in [6, 6.07) is 11.0. The summed E-state index contributed by atoms with van der Waals surface area (Å²) in [6.07, 6.45) is -1.17. The van der Waals surface area contributed by atoms with Crippen molar-refractivity contribution in [3.8, 4) is 0 Å². The Bertz CT molecular complexity index is 764. The molecular formula is C17H16ClFN2O2. The Hall–Kier alpha value is -1.95. The first kappa shape index (κ1) is 15.9. The molecule has 0 fully saturated rings. The van der Waals surface area contributed by atoms with Gasteiger partial charge in [-0.3, -0.25) is 4.79 Å². The number of halogens is 2. The van der Waals surface area contributed by atoms with Crippen LogP contribution in [0.5, 0.6) is 0 Å². The summed E-state index contributed by atoms with van der Waals surface area (Å²) in [5.41, 5.74) is 6.28. The predicted molar refractivity (Wildman–Crippen MR) is 86.9 cm³/mol. The number of carbonyl (C=O) groups excluding carboxylic acids is 1. The zero-order valence-corrected chi connectivity index (χ0v) is 13.2. The average molecular weight is 335 g/mol. The first-order valence-corrected chi connectivity index (χ1v) is 7.54. The molecule has 2 atom stereocenters. The van der Waals surface area contributed by atoms with Crippen LogP contribution in [-0.4, -0.2) is 23.8 Å². The van der Waals surface area contributed by atoms with E-state index in [0.717, 1.165) is 0 Å². The van der Waals surface area contributed by atoms with Crippen molar-refractivity contribution in [2.24, 2.45) is 5.73 Å². The lowest BCUT2D eigenvalue weighted by atomic mass is 9.77. The molecule has 1 aliphatic rings. The SMILES string of the molecule is C[C@]1(c2ccc(F)cc2)C(=O)N(CC(N)O)c2cccc(Cl)c21. The van der Waals surface area contributed by atoms with Gasteiger partial charge in [0.1, 0.15) is 17.5 Å². The van der Waals surface area contributed by atoms with Crippen molar-refractivity contribution >= 4 is 23.2 Å². The zero-order valence-electron chi connectivity index (χ0n) is 12.5. The van der Waals surface area contributed by atoms with Gasteiger partial charge in [-0.15, -0.1) is 0 Å². The maximum absolute atomic E-state index is 13.2. The number of rotatable bonds is 3. The van der Waals surface area contributed by atoms with Gasteiger partial charge in [0.25, 0.3) is 0 Å². The molecule has 1 aliphatic heterocycles. The van der Waals surface area contributed by atoms with Crippen molar-refractivity contribution in [1.29, 1.82) is 0 Å². The highest BCUT2D eigenvalue weighted by atomic mass is 35.5. The monoisotopic (exact) mass is 334 g/mol. The van der Waals surface area contributed by atoms with Crippen molar-refractivity contribution in [3.05, 3.63) is 64.4 Å². The summed E-state index contributed by atoms with van der Waals surface area (Å²) in [4.78, 5) is 14.5. The van der Waals surface area contributed by atoms with E-state index in [4.69, 9.17) is 17.3 Å². The number of hydrogen-bond acceptors (Lipinski definition) is 3. The fourth-order valence-corrected chi connectivity index (χ4v) is 3.50. The van der Waals surface area contributed by atoms with E-state index in [9.17, 15) is 14.3 Å². The van der Waals surface area contributed by atoms with Gasteiger partial charge in [0.15, 0.2) is 0 Å². The van der Waals surface area contributed by atoms with Crippen molar-refractivity contribution in [2.45, 2.75) is 18.6 Å². The lowest BCUT2D eigenvalue weighted by molar-refractivity contribution is -0.121. The number of aliphatic hydroxyl groups excluding tert-OH is 1. The van der Waals surface area contributed by atoms with Crippen molar-refractivity contribution in [1.82, 2.24) is 0 Å². The standard InChI is InChI=1S/C17H16ClFN2O2/c1-17(10-5-7-11(19)8-6-10)15-12(18)3-2-4-13(15)21(16(17)23)9-14(20)22/h2-8,14,22H,9,20H2,1H3/t14?,17-/m1/s1. The molecule has 3 N–H and O–H groups in total. The third kappa shape index (κ3) is 2.41. The number of β-amino-alcohol motifs (C(OH)–C–C–N with tert-alkyl or cyclic N) is 1. The molecule has 120 valence electrons. The molecule has 2 aromatic carbocycles. The molecule has 0 saturated heterocycles. The lowest BCUT2D eigenvalue weighted by Crippen LogP contribution is -2.44. The summed E-state index contributed by atoms with van der Waals surface area (Å²) < 4.78 is 13.2. The van der Waals surface area contributed by atoms with Crippen LogP contribution in [0.2, 0.25) is 5.02 Å². The number of nitrogens with two attached hydrogens (primary N) is 1. The fourth-order valence-electron chi connectivity index (χ4n) is 3.14. The van der Waals surface area contributed by atoms with E-state index in [-0.39, 0.29) is 18.3 Å². The summed E-state index contributed by atoms with van der Waals surface area (Å²) >= 11 is 6.36. The number of anilines is 1. The summed E-state index contributed by atoms with van der Waals surface area (Å²) in [7, 11) is 0. The molecule has 3 rings (SSSR count). The minimum absolute atomic E-state index is 0.0387. The van der Waals surface area contributed by atoms with Crippen molar-refractivity contribution in [2.75, 3.05) is 11.4 Å². The quantitative estimate of drug-likeness (QED) is 0.847. The highest BCUT2D eigenvalue weighted by Crippen LogP contribution is 2.49. The molecule has 0 spiro atoms. The van der Waals surface area contributed by atoms with E-state index in [0.29, 0.717) is 21.8 Å². The highest BCUT2D eigenvalue weighted by Gasteiger charge is 2.50. The van der Waals surface area contributed by atoms with Crippen LogP contribution in [-0.2, 0) is 10.2 Å². The summed E-state index contributed by atoms with van der Waals surface area (Å²) in [5.74, 6) is -0.631. The van der Waals surface area contributed by atoms with Gasteiger partial charge in [0, 0.05) is 16.3 Å². The molecule has 6 heteroatoms. The van der Waals surface area contributed by atoms with Crippen LogP contribution in [0.15, 0.2) is 42.5 Å². The molecular weight excluding hydrogens is 319 g/mol. The van der Waals surface area contributed by atoms with Gasteiger partial charge in [-0.05, 0) is 36.8 Å². The van der Waals surface area contributed by atoms with Crippen LogP contribution in [0.25, 0.3) is 0 Å². The molecule has 1 amide bonds. The van der Waals surface area contributed by atoms with Crippen molar-refractivity contribution in [3.63, 3.8) is 0 Å².